The van der Waals surface area contributed by atoms with Gasteiger partial charge in [0.15, 0.2) is 0 Å². The molecule has 0 aromatic heterocycles. The van der Waals surface area contributed by atoms with E-state index in [1.54, 1.807) is 0 Å². The Morgan fingerprint density at radius 1 is 0.600 bits per heavy atom. The molecule has 146 valence electrons. The number of rotatable bonds is 11. The standard InChI is InChI=1S/C6H20N2O12P4.Na/c9-21(10,11)3-7(4-22(12,13)14)1-2-8(5-23(15,16)17)6-24(18,19)20;/h1-6H2,(H2,9,10,11)(H2,12,13,14)(H2,15,16,17)(H2,18,19,20);/q;+1/p-1. The molecule has 0 aromatic rings. The molecule has 0 saturated heterocycles. The normalized spacial score (nSPS) is 15.9. The molecule has 0 bridgehead atoms. The molecule has 1 atom stereocenters. The van der Waals surface area contributed by atoms with Gasteiger partial charge in [-0.3, -0.25) is 23.5 Å². The summed E-state index contributed by atoms with van der Waals surface area (Å²) >= 11 is 0. The fourth-order valence-electron chi connectivity index (χ4n) is 1.69. The third-order valence-electron chi connectivity index (χ3n) is 2.26. The van der Waals surface area contributed by atoms with Crippen LogP contribution in [0.5, 0.6) is 0 Å². The van der Waals surface area contributed by atoms with Crippen molar-refractivity contribution in [1.29, 1.82) is 0 Å². The van der Waals surface area contributed by atoms with Gasteiger partial charge < -0.3 is 43.7 Å². The Morgan fingerprint density at radius 3 is 1.04 bits per heavy atom. The van der Waals surface area contributed by atoms with Crippen molar-refractivity contribution in [2.45, 2.75) is 0 Å². The predicted molar refractivity (Wildman–Crippen MR) is 78.8 cm³/mol. The Hall–Kier alpha value is 1.52. The van der Waals surface area contributed by atoms with Gasteiger partial charge in [0.2, 0.25) is 0 Å². The molecule has 0 saturated carbocycles. The van der Waals surface area contributed by atoms with Crippen LogP contribution in [0.15, 0.2) is 0 Å². The minimum Gasteiger partial charge on any atom is -0.778 e. The fraction of sp³-hybridized carbons (Fsp3) is 1.00. The summed E-state index contributed by atoms with van der Waals surface area (Å²) in [5, 5.41) is 0. The van der Waals surface area contributed by atoms with Crippen LogP contribution in [-0.2, 0) is 18.3 Å². The smallest absolute Gasteiger partial charge is 0.778 e. The molecule has 0 rings (SSSR count). The van der Waals surface area contributed by atoms with Crippen molar-refractivity contribution in [1.82, 2.24) is 9.80 Å². The van der Waals surface area contributed by atoms with Crippen LogP contribution >= 0.6 is 30.4 Å². The quantitative estimate of drug-likeness (QED) is 0.113. The summed E-state index contributed by atoms with van der Waals surface area (Å²) in [6.07, 6.45) is -4.36. The van der Waals surface area contributed by atoms with Crippen LogP contribution in [0.25, 0.3) is 0 Å². The van der Waals surface area contributed by atoms with E-state index in [9.17, 15) is 23.2 Å². The van der Waals surface area contributed by atoms with E-state index in [0.29, 0.717) is 9.80 Å². The van der Waals surface area contributed by atoms with E-state index in [1.165, 1.54) is 0 Å². The second kappa shape index (κ2) is 10.9. The molecule has 19 heteroatoms. The van der Waals surface area contributed by atoms with Crippen LogP contribution in [0.1, 0.15) is 0 Å². The molecule has 0 aliphatic carbocycles. The molecule has 0 heterocycles. The average molecular weight is 458 g/mol. The van der Waals surface area contributed by atoms with Gasteiger partial charge in [0, 0.05) is 13.1 Å². The van der Waals surface area contributed by atoms with Crippen molar-refractivity contribution >= 4 is 30.4 Å². The first-order chi connectivity index (χ1) is 10.4. The molecular formula is C6H19N2NaO12P4. The van der Waals surface area contributed by atoms with Crippen molar-refractivity contribution in [3.63, 3.8) is 0 Å². The maximum absolute atomic E-state index is 11.0. The van der Waals surface area contributed by atoms with Gasteiger partial charge in [-0.05, 0) is 0 Å². The molecule has 0 aliphatic heterocycles. The topological polar surface area (TPSA) is 239 Å². The van der Waals surface area contributed by atoms with E-state index in [-0.39, 0.29) is 29.6 Å². The summed E-state index contributed by atoms with van der Waals surface area (Å²) in [6.45, 7) is -1.08. The summed E-state index contributed by atoms with van der Waals surface area (Å²) in [4.78, 5) is 74.0. The second-order valence-corrected chi connectivity index (χ2v) is 11.4. The summed E-state index contributed by atoms with van der Waals surface area (Å²) in [5.41, 5.74) is 0. The number of hydrogen-bond acceptors (Lipinski definition) is 7. The first kappa shape index (κ1) is 28.7. The molecule has 0 spiro atoms. The Bertz CT molecular complexity index is 492. The Labute approximate surface area is 165 Å². The van der Waals surface area contributed by atoms with E-state index in [0.717, 1.165) is 0 Å². The predicted octanol–water partition coefficient (Wildman–Crippen LogP) is -5.50. The zero-order valence-electron chi connectivity index (χ0n) is 13.1. The van der Waals surface area contributed by atoms with Crippen LogP contribution in [0, 0.1) is 0 Å². The Kier molecular flexibility index (Phi) is 12.5. The van der Waals surface area contributed by atoms with Gasteiger partial charge in [0.25, 0.3) is 0 Å². The molecule has 0 radical (unpaired) electrons. The van der Waals surface area contributed by atoms with E-state index < -0.39 is 68.6 Å². The van der Waals surface area contributed by atoms with Crippen LogP contribution in [0.2, 0.25) is 0 Å². The van der Waals surface area contributed by atoms with Gasteiger partial charge in [0.1, 0.15) is 26.5 Å². The number of hydrogen-bond donors (Lipinski definition) is 7. The monoisotopic (exact) mass is 458 g/mol. The van der Waals surface area contributed by atoms with Gasteiger partial charge in [0.05, 0.1) is 6.29 Å². The first-order valence-electron chi connectivity index (χ1n) is 5.98. The summed E-state index contributed by atoms with van der Waals surface area (Å²) in [6, 6.07) is 0. The van der Waals surface area contributed by atoms with Gasteiger partial charge in [-0.15, -0.1) is 0 Å². The largest absolute Gasteiger partial charge is 1.00 e. The SMILES string of the molecule is O=P([O-])(O)CN(CCN(CP(=O)(O)O)CP(=O)(O)O)CP(=O)(O)O.[Na+]. The van der Waals surface area contributed by atoms with Crippen molar-refractivity contribution in [3.05, 3.63) is 0 Å². The van der Waals surface area contributed by atoms with Crippen molar-refractivity contribution in [3.8, 4) is 0 Å². The zero-order valence-corrected chi connectivity index (χ0v) is 18.7. The Morgan fingerprint density at radius 2 is 0.840 bits per heavy atom. The molecule has 0 aliphatic rings. The maximum atomic E-state index is 11.0. The molecule has 0 fully saturated rings. The number of nitrogens with zero attached hydrogens (tertiary/aromatic N) is 2. The third-order valence-corrected chi connectivity index (χ3v) is 5.33. The fourth-order valence-corrected chi connectivity index (χ4v) is 5.04. The molecule has 0 amide bonds. The summed E-state index contributed by atoms with van der Waals surface area (Å²) in [5.74, 6) is 0. The van der Waals surface area contributed by atoms with E-state index in [2.05, 4.69) is 0 Å². The van der Waals surface area contributed by atoms with E-state index in [1.807, 2.05) is 0 Å². The minimum atomic E-state index is -4.94. The van der Waals surface area contributed by atoms with Crippen LogP contribution in [0.4, 0.5) is 0 Å². The van der Waals surface area contributed by atoms with E-state index >= 15 is 0 Å². The molecule has 25 heavy (non-hydrogen) atoms. The first-order valence-corrected chi connectivity index (χ1v) is 13.1. The summed E-state index contributed by atoms with van der Waals surface area (Å²) < 4.78 is 43.7. The molecular weight excluding hydrogens is 439 g/mol. The van der Waals surface area contributed by atoms with E-state index in [4.69, 9.17) is 34.3 Å². The van der Waals surface area contributed by atoms with Gasteiger partial charge in [-0.25, -0.2) is 0 Å². The zero-order chi connectivity index (χ0) is 19.4. The minimum absolute atomic E-state index is 0. The van der Waals surface area contributed by atoms with Gasteiger partial charge >= 0.3 is 52.3 Å². The Balaban J connectivity index is 0. The second-order valence-electron chi connectivity index (χ2n) is 4.99. The summed E-state index contributed by atoms with van der Waals surface area (Å²) in [7, 11) is -19.1. The molecule has 0 aromatic carbocycles. The van der Waals surface area contributed by atoms with Crippen molar-refractivity contribution in [2.24, 2.45) is 0 Å². The maximum Gasteiger partial charge on any atom is 1.00 e. The van der Waals surface area contributed by atoms with Crippen molar-refractivity contribution < 1.29 is 87.0 Å². The van der Waals surface area contributed by atoms with Crippen LogP contribution in [0.3, 0.4) is 0 Å². The molecule has 7 N–H and O–H groups in total. The van der Waals surface area contributed by atoms with Crippen molar-refractivity contribution in [2.75, 3.05) is 38.2 Å². The molecule has 1 unspecified atom stereocenters. The van der Waals surface area contributed by atoms with Crippen LogP contribution < -0.4 is 34.5 Å². The van der Waals surface area contributed by atoms with Gasteiger partial charge in [-0.1, -0.05) is 0 Å². The van der Waals surface area contributed by atoms with Crippen LogP contribution in [-0.4, -0.2) is 82.3 Å². The molecule has 14 nitrogen and oxygen atoms in total. The van der Waals surface area contributed by atoms with Gasteiger partial charge in [-0.2, -0.15) is 0 Å². The average Bonchev–Trinajstić information content (AvgIpc) is 2.16. The third kappa shape index (κ3) is 20.1.